The van der Waals surface area contributed by atoms with Gasteiger partial charge in [0.1, 0.15) is 0 Å². The number of hydrogen-bond donors (Lipinski definition) is 1. The molecule has 1 aromatic heterocycles. The van der Waals surface area contributed by atoms with Crippen molar-refractivity contribution in [3.05, 3.63) is 29.6 Å². The number of nitrogens with one attached hydrogen (secondary N) is 1. The highest BCUT2D eigenvalue weighted by molar-refractivity contribution is 5.71. The average molecular weight is 157 g/mol. The number of rotatable bonds is 0. The summed E-state index contributed by atoms with van der Waals surface area (Å²) in [5.41, 5.74) is 2.57. The summed E-state index contributed by atoms with van der Waals surface area (Å²) in [6.45, 7) is 0.606. The lowest BCUT2D eigenvalue weighted by Crippen LogP contribution is -2.10. The molecule has 0 unspecified atom stereocenters. The van der Waals surface area contributed by atoms with Crippen molar-refractivity contribution in [1.29, 1.82) is 5.26 Å². The van der Waals surface area contributed by atoms with Gasteiger partial charge in [-0.1, -0.05) is 0 Å². The fourth-order valence-electron chi connectivity index (χ4n) is 1.16. The third kappa shape index (κ3) is 1.04. The molecule has 1 aliphatic rings. The van der Waals surface area contributed by atoms with Gasteiger partial charge in [0.15, 0.2) is 0 Å². The maximum absolute atomic E-state index is 8.63. The van der Waals surface area contributed by atoms with Crippen LogP contribution in [0.4, 0.5) is 5.69 Å². The predicted molar refractivity (Wildman–Crippen MR) is 46.3 cm³/mol. The quantitative estimate of drug-likeness (QED) is 0.619. The minimum absolute atomic E-state index is 0.606. The molecule has 0 aromatic carbocycles. The Bertz CT molecular complexity index is 374. The van der Waals surface area contributed by atoms with Gasteiger partial charge in [0.05, 0.1) is 29.6 Å². The number of pyridine rings is 1. The fraction of sp³-hybridized carbons (Fsp3) is 0.111. The van der Waals surface area contributed by atoms with Gasteiger partial charge < -0.3 is 5.32 Å². The molecule has 2 heterocycles. The molecule has 1 aliphatic heterocycles. The van der Waals surface area contributed by atoms with Gasteiger partial charge in [-0.05, 0) is 18.2 Å². The van der Waals surface area contributed by atoms with Gasteiger partial charge in [-0.25, -0.2) is 0 Å². The number of nitriles is 1. The predicted octanol–water partition coefficient (Wildman–Crippen LogP) is 1.41. The van der Waals surface area contributed by atoms with Gasteiger partial charge in [0, 0.05) is 6.20 Å². The van der Waals surface area contributed by atoms with Gasteiger partial charge in [0.25, 0.3) is 0 Å². The first-order chi connectivity index (χ1) is 5.90. The standard InChI is InChI=1S/C9H7N3/c10-5-7-4-9-8(12-6-7)2-1-3-11-9/h1-4,12H,6H2. The van der Waals surface area contributed by atoms with Crippen molar-refractivity contribution in [1.82, 2.24) is 4.98 Å². The van der Waals surface area contributed by atoms with E-state index in [2.05, 4.69) is 16.4 Å². The number of aromatic nitrogens is 1. The van der Waals surface area contributed by atoms with E-state index >= 15 is 0 Å². The summed E-state index contributed by atoms with van der Waals surface area (Å²) in [5, 5.41) is 11.7. The van der Waals surface area contributed by atoms with Crippen LogP contribution in [-0.2, 0) is 0 Å². The van der Waals surface area contributed by atoms with Crippen molar-refractivity contribution in [2.24, 2.45) is 0 Å². The van der Waals surface area contributed by atoms with Crippen LogP contribution in [0, 0.1) is 11.3 Å². The Morgan fingerprint density at radius 2 is 2.50 bits per heavy atom. The van der Waals surface area contributed by atoms with Crippen molar-refractivity contribution >= 4 is 11.8 Å². The van der Waals surface area contributed by atoms with Gasteiger partial charge in [0.2, 0.25) is 0 Å². The molecule has 0 radical (unpaired) electrons. The van der Waals surface area contributed by atoms with Crippen LogP contribution in [0.1, 0.15) is 5.69 Å². The average Bonchev–Trinajstić information content (AvgIpc) is 2.17. The molecule has 58 valence electrons. The third-order valence-electron chi connectivity index (χ3n) is 1.76. The highest BCUT2D eigenvalue weighted by Crippen LogP contribution is 2.19. The summed E-state index contributed by atoms with van der Waals surface area (Å²) in [7, 11) is 0. The zero-order chi connectivity index (χ0) is 8.39. The van der Waals surface area contributed by atoms with Crippen molar-refractivity contribution in [2.45, 2.75) is 0 Å². The van der Waals surface area contributed by atoms with Crippen molar-refractivity contribution in [3.8, 4) is 6.07 Å². The lowest BCUT2D eigenvalue weighted by atomic mass is 10.1. The monoisotopic (exact) mass is 157 g/mol. The number of fused-ring (bicyclic) bond motifs is 1. The second-order valence-electron chi connectivity index (χ2n) is 2.57. The molecule has 12 heavy (non-hydrogen) atoms. The second-order valence-corrected chi connectivity index (χ2v) is 2.57. The van der Waals surface area contributed by atoms with Crippen LogP contribution in [0.15, 0.2) is 23.9 Å². The Hall–Kier alpha value is -1.82. The molecule has 0 amide bonds. The van der Waals surface area contributed by atoms with E-state index < -0.39 is 0 Å². The fourth-order valence-corrected chi connectivity index (χ4v) is 1.16. The zero-order valence-electron chi connectivity index (χ0n) is 6.41. The molecular weight excluding hydrogens is 150 g/mol. The van der Waals surface area contributed by atoms with Crippen LogP contribution in [-0.4, -0.2) is 11.5 Å². The third-order valence-corrected chi connectivity index (χ3v) is 1.76. The van der Waals surface area contributed by atoms with E-state index in [1.165, 1.54) is 0 Å². The summed E-state index contributed by atoms with van der Waals surface area (Å²) in [6.07, 6.45) is 3.53. The number of anilines is 1. The molecule has 3 nitrogen and oxygen atoms in total. The molecule has 1 aromatic rings. The van der Waals surface area contributed by atoms with Crippen LogP contribution in [0.5, 0.6) is 0 Å². The number of hydrogen-bond acceptors (Lipinski definition) is 3. The molecule has 0 atom stereocenters. The highest BCUT2D eigenvalue weighted by Gasteiger charge is 2.08. The van der Waals surface area contributed by atoms with Crippen LogP contribution in [0.25, 0.3) is 6.08 Å². The first-order valence-electron chi connectivity index (χ1n) is 3.70. The van der Waals surface area contributed by atoms with Gasteiger partial charge in [-0.2, -0.15) is 5.26 Å². The smallest absolute Gasteiger partial charge is 0.0966 e. The first-order valence-corrected chi connectivity index (χ1v) is 3.70. The Balaban J connectivity index is 2.49. The molecule has 0 aliphatic carbocycles. The van der Waals surface area contributed by atoms with Crippen LogP contribution < -0.4 is 5.32 Å². The van der Waals surface area contributed by atoms with Crippen molar-refractivity contribution in [3.63, 3.8) is 0 Å². The summed E-state index contributed by atoms with van der Waals surface area (Å²) >= 11 is 0. The molecule has 0 bridgehead atoms. The molecule has 0 saturated heterocycles. The Morgan fingerprint density at radius 1 is 1.58 bits per heavy atom. The van der Waals surface area contributed by atoms with E-state index in [1.807, 2.05) is 18.2 Å². The normalized spacial score (nSPS) is 13.8. The largest absolute Gasteiger partial charge is 0.378 e. The maximum atomic E-state index is 8.63. The van der Waals surface area contributed by atoms with Crippen LogP contribution >= 0.6 is 0 Å². The Kier molecular flexibility index (Phi) is 1.52. The summed E-state index contributed by atoms with van der Waals surface area (Å²) < 4.78 is 0. The van der Waals surface area contributed by atoms with Crippen LogP contribution in [0.3, 0.4) is 0 Å². The highest BCUT2D eigenvalue weighted by atomic mass is 14.9. The van der Waals surface area contributed by atoms with Crippen molar-refractivity contribution in [2.75, 3.05) is 11.9 Å². The Labute approximate surface area is 70.4 Å². The molecule has 0 fully saturated rings. The number of nitrogens with zero attached hydrogens (tertiary/aromatic N) is 2. The molecule has 3 heteroatoms. The second kappa shape index (κ2) is 2.67. The molecular formula is C9H7N3. The lowest BCUT2D eigenvalue weighted by Gasteiger charge is -2.12. The SMILES string of the molecule is N#CC1=Cc2ncccc2NC1. The van der Waals surface area contributed by atoms with Crippen LogP contribution in [0.2, 0.25) is 0 Å². The van der Waals surface area contributed by atoms with E-state index in [4.69, 9.17) is 5.26 Å². The molecule has 0 saturated carbocycles. The minimum atomic E-state index is 0.606. The van der Waals surface area contributed by atoms with Gasteiger partial charge in [-0.3, -0.25) is 4.98 Å². The lowest BCUT2D eigenvalue weighted by molar-refractivity contribution is 1.18. The van der Waals surface area contributed by atoms with Gasteiger partial charge in [-0.15, -0.1) is 0 Å². The first kappa shape index (κ1) is 6.86. The zero-order valence-corrected chi connectivity index (χ0v) is 6.41. The Morgan fingerprint density at radius 3 is 3.33 bits per heavy atom. The van der Waals surface area contributed by atoms with E-state index in [0.717, 1.165) is 17.0 Å². The van der Waals surface area contributed by atoms with E-state index in [0.29, 0.717) is 6.54 Å². The maximum Gasteiger partial charge on any atom is 0.0966 e. The molecule has 2 rings (SSSR count). The van der Waals surface area contributed by atoms with E-state index in [1.54, 1.807) is 6.20 Å². The topological polar surface area (TPSA) is 48.7 Å². The van der Waals surface area contributed by atoms with E-state index in [9.17, 15) is 0 Å². The molecule has 0 spiro atoms. The van der Waals surface area contributed by atoms with E-state index in [-0.39, 0.29) is 0 Å². The minimum Gasteiger partial charge on any atom is -0.378 e. The van der Waals surface area contributed by atoms with Crippen molar-refractivity contribution < 1.29 is 0 Å². The molecule has 1 N–H and O–H groups in total. The summed E-state index contributed by atoms with van der Waals surface area (Å²) in [4.78, 5) is 4.13. The summed E-state index contributed by atoms with van der Waals surface area (Å²) in [5.74, 6) is 0. The summed E-state index contributed by atoms with van der Waals surface area (Å²) in [6, 6.07) is 5.93. The van der Waals surface area contributed by atoms with Gasteiger partial charge >= 0.3 is 0 Å².